The molecule has 0 unspecified atom stereocenters. The Labute approximate surface area is 140 Å². The normalized spacial score (nSPS) is 10.9. The fraction of sp³-hybridized carbons (Fsp3) is 0.100. The third-order valence-corrected chi connectivity index (χ3v) is 3.79. The molecule has 0 atom stereocenters. The van der Waals surface area contributed by atoms with Crippen LogP contribution < -0.4 is 10.2 Å². The van der Waals surface area contributed by atoms with E-state index >= 15 is 0 Å². The SMILES string of the molecule is COc1cc(C)ccc1C(=O)N/N=C/c1cccc2ccccc12. The summed E-state index contributed by atoms with van der Waals surface area (Å²) < 4.78 is 5.26. The maximum absolute atomic E-state index is 12.3. The molecule has 24 heavy (non-hydrogen) atoms. The first kappa shape index (κ1) is 15.7. The number of aryl methyl sites for hydroxylation is 1. The number of carbonyl (C=O) groups is 1. The summed E-state index contributed by atoms with van der Waals surface area (Å²) in [6.45, 7) is 1.95. The van der Waals surface area contributed by atoms with Crippen LogP contribution in [-0.4, -0.2) is 19.2 Å². The highest BCUT2D eigenvalue weighted by molar-refractivity contribution is 6.01. The summed E-state index contributed by atoms with van der Waals surface area (Å²) in [5.74, 6) is 0.233. The van der Waals surface area contributed by atoms with Gasteiger partial charge in [0.05, 0.1) is 18.9 Å². The molecule has 0 spiro atoms. The van der Waals surface area contributed by atoms with E-state index < -0.39 is 0 Å². The molecule has 0 saturated carbocycles. The monoisotopic (exact) mass is 318 g/mol. The molecule has 0 heterocycles. The highest BCUT2D eigenvalue weighted by atomic mass is 16.5. The topological polar surface area (TPSA) is 50.7 Å². The standard InChI is InChI=1S/C20H18N2O2/c1-14-10-11-18(19(12-14)24-2)20(23)22-21-13-16-8-5-7-15-6-3-4-9-17(15)16/h3-13H,1-2H3,(H,22,23)/b21-13+. The van der Waals surface area contributed by atoms with E-state index in [0.717, 1.165) is 21.9 Å². The zero-order chi connectivity index (χ0) is 16.9. The molecule has 4 heteroatoms. The first-order valence-corrected chi connectivity index (χ1v) is 7.65. The molecule has 0 aliphatic carbocycles. The Hall–Kier alpha value is -3.14. The van der Waals surface area contributed by atoms with Crippen LogP contribution in [-0.2, 0) is 0 Å². The third kappa shape index (κ3) is 3.27. The lowest BCUT2D eigenvalue weighted by atomic mass is 10.1. The summed E-state index contributed by atoms with van der Waals surface area (Å²) in [6, 6.07) is 19.4. The number of benzene rings is 3. The van der Waals surface area contributed by atoms with E-state index in [1.807, 2.05) is 61.5 Å². The second-order valence-corrected chi connectivity index (χ2v) is 5.47. The van der Waals surface area contributed by atoms with Gasteiger partial charge in [-0.2, -0.15) is 5.10 Å². The summed E-state index contributed by atoms with van der Waals surface area (Å²) in [4.78, 5) is 12.3. The summed E-state index contributed by atoms with van der Waals surface area (Å²) >= 11 is 0. The van der Waals surface area contributed by atoms with Crippen LogP contribution in [0.25, 0.3) is 10.8 Å². The molecule has 3 aromatic carbocycles. The molecule has 0 fully saturated rings. The summed E-state index contributed by atoms with van der Waals surface area (Å²) in [6.07, 6.45) is 1.65. The van der Waals surface area contributed by atoms with E-state index in [0.29, 0.717) is 11.3 Å². The lowest BCUT2D eigenvalue weighted by Gasteiger charge is -2.07. The number of hydrogen-bond donors (Lipinski definition) is 1. The number of nitrogens with zero attached hydrogens (tertiary/aromatic N) is 1. The van der Waals surface area contributed by atoms with Crippen molar-refractivity contribution in [3.8, 4) is 5.75 Å². The van der Waals surface area contributed by atoms with Crippen molar-refractivity contribution in [1.29, 1.82) is 0 Å². The molecule has 3 aromatic rings. The smallest absolute Gasteiger partial charge is 0.275 e. The third-order valence-electron chi connectivity index (χ3n) is 3.79. The average molecular weight is 318 g/mol. The van der Waals surface area contributed by atoms with Gasteiger partial charge in [-0.05, 0) is 35.4 Å². The molecule has 0 aliphatic rings. The van der Waals surface area contributed by atoms with Crippen molar-refractivity contribution in [3.05, 3.63) is 77.4 Å². The van der Waals surface area contributed by atoms with Gasteiger partial charge in [-0.25, -0.2) is 5.43 Å². The van der Waals surface area contributed by atoms with E-state index in [9.17, 15) is 4.79 Å². The van der Waals surface area contributed by atoms with Crippen LogP contribution >= 0.6 is 0 Å². The van der Waals surface area contributed by atoms with Crippen molar-refractivity contribution in [2.75, 3.05) is 7.11 Å². The Bertz CT molecular complexity index is 911. The Morgan fingerprint density at radius 2 is 1.88 bits per heavy atom. The Balaban J connectivity index is 1.80. The first-order chi connectivity index (χ1) is 11.7. The average Bonchev–Trinajstić information content (AvgIpc) is 2.61. The van der Waals surface area contributed by atoms with Crippen LogP contribution in [0.3, 0.4) is 0 Å². The van der Waals surface area contributed by atoms with Gasteiger partial charge in [0.15, 0.2) is 0 Å². The van der Waals surface area contributed by atoms with Crippen molar-refractivity contribution in [2.45, 2.75) is 6.92 Å². The minimum atomic E-state index is -0.302. The van der Waals surface area contributed by atoms with E-state index in [4.69, 9.17) is 4.74 Å². The molecule has 120 valence electrons. The Kier molecular flexibility index (Phi) is 4.57. The zero-order valence-electron chi connectivity index (χ0n) is 13.6. The first-order valence-electron chi connectivity index (χ1n) is 7.65. The Morgan fingerprint density at radius 1 is 1.08 bits per heavy atom. The predicted octanol–water partition coefficient (Wildman–Crippen LogP) is 3.92. The minimum Gasteiger partial charge on any atom is -0.496 e. The molecule has 1 amide bonds. The maximum Gasteiger partial charge on any atom is 0.275 e. The number of carbonyl (C=O) groups excluding carboxylic acids is 1. The molecule has 4 nitrogen and oxygen atoms in total. The lowest BCUT2D eigenvalue weighted by molar-refractivity contribution is 0.0952. The predicted molar refractivity (Wildman–Crippen MR) is 96.7 cm³/mol. The zero-order valence-corrected chi connectivity index (χ0v) is 13.6. The molecular formula is C20H18N2O2. The van der Waals surface area contributed by atoms with Crippen molar-refractivity contribution in [1.82, 2.24) is 5.43 Å². The number of fused-ring (bicyclic) bond motifs is 1. The van der Waals surface area contributed by atoms with Crippen LogP contribution in [0.15, 0.2) is 65.8 Å². The summed E-state index contributed by atoms with van der Waals surface area (Å²) in [5, 5.41) is 6.31. The van der Waals surface area contributed by atoms with Gasteiger partial charge in [-0.15, -0.1) is 0 Å². The van der Waals surface area contributed by atoms with Crippen LogP contribution in [0.4, 0.5) is 0 Å². The van der Waals surface area contributed by atoms with E-state index in [1.165, 1.54) is 0 Å². The van der Waals surface area contributed by atoms with Crippen LogP contribution in [0.1, 0.15) is 21.5 Å². The molecule has 0 bridgehead atoms. The quantitative estimate of drug-likeness (QED) is 0.585. The molecule has 0 aromatic heterocycles. The number of rotatable bonds is 4. The number of amides is 1. The number of ether oxygens (including phenoxy) is 1. The van der Waals surface area contributed by atoms with E-state index in [1.54, 1.807) is 19.4 Å². The van der Waals surface area contributed by atoms with Crippen molar-refractivity contribution in [3.63, 3.8) is 0 Å². The maximum atomic E-state index is 12.3. The minimum absolute atomic E-state index is 0.302. The van der Waals surface area contributed by atoms with Crippen molar-refractivity contribution >= 4 is 22.9 Å². The van der Waals surface area contributed by atoms with Crippen molar-refractivity contribution < 1.29 is 9.53 Å². The lowest BCUT2D eigenvalue weighted by Crippen LogP contribution is -2.18. The second kappa shape index (κ2) is 6.96. The van der Waals surface area contributed by atoms with Crippen LogP contribution in [0, 0.1) is 6.92 Å². The van der Waals surface area contributed by atoms with Gasteiger partial charge < -0.3 is 4.74 Å². The van der Waals surface area contributed by atoms with Gasteiger partial charge in [-0.3, -0.25) is 4.79 Å². The van der Waals surface area contributed by atoms with Gasteiger partial charge in [-0.1, -0.05) is 48.5 Å². The number of nitrogens with one attached hydrogen (secondary N) is 1. The van der Waals surface area contributed by atoms with Gasteiger partial charge in [0.25, 0.3) is 5.91 Å². The van der Waals surface area contributed by atoms with Gasteiger partial charge in [0, 0.05) is 5.56 Å². The fourth-order valence-corrected chi connectivity index (χ4v) is 2.57. The molecule has 1 N–H and O–H groups in total. The van der Waals surface area contributed by atoms with E-state index in [-0.39, 0.29) is 5.91 Å². The van der Waals surface area contributed by atoms with Gasteiger partial charge in [0.1, 0.15) is 5.75 Å². The highest BCUT2D eigenvalue weighted by Crippen LogP contribution is 2.20. The van der Waals surface area contributed by atoms with Crippen LogP contribution in [0.2, 0.25) is 0 Å². The number of methoxy groups -OCH3 is 1. The summed E-state index contributed by atoms with van der Waals surface area (Å²) in [7, 11) is 1.55. The fourth-order valence-electron chi connectivity index (χ4n) is 2.57. The number of hydrogen-bond acceptors (Lipinski definition) is 3. The molecule has 0 aliphatic heterocycles. The Morgan fingerprint density at radius 3 is 2.71 bits per heavy atom. The highest BCUT2D eigenvalue weighted by Gasteiger charge is 2.11. The summed E-state index contributed by atoms with van der Waals surface area (Å²) in [5.41, 5.74) is 4.99. The molecule has 3 rings (SSSR count). The largest absolute Gasteiger partial charge is 0.496 e. The van der Waals surface area contributed by atoms with Gasteiger partial charge >= 0.3 is 0 Å². The number of hydrazone groups is 1. The molecular weight excluding hydrogens is 300 g/mol. The van der Waals surface area contributed by atoms with Gasteiger partial charge in [0.2, 0.25) is 0 Å². The van der Waals surface area contributed by atoms with Crippen LogP contribution in [0.5, 0.6) is 5.75 Å². The van der Waals surface area contributed by atoms with E-state index in [2.05, 4.69) is 10.5 Å². The molecule has 0 radical (unpaired) electrons. The second-order valence-electron chi connectivity index (χ2n) is 5.47. The van der Waals surface area contributed by atoms with Crippen molar-refractivity contribution in [2.24, 2.45) is 5.10 Å². The molecule has 0 saturated heterocycles.